The zero-order valence-electron chi connectivity index (χ0n) is 22.6. The third-order valence-corrected chi connectivity index (χ3v) is 9.32. The molecule has 1 unspecified atom stereocenters. The van der Waals surface area contributed by atoms with Crippen molar-refractivity contribution < 1.29 is 9.13 Å². The summed E-state index contributed by atoms with van der Waals surface area (Å²) in [6, 6.07) is 6.33. The molecule has 0 amide bonds. The first-order chi connectivity index (χ1) is 18.8. The molecule has 3 saturated heterocycles. The maximum atomic E-state index is 16.7. The normalized spacial score (nSPS) is 20.9. The third-order valence-electron chi connectivity index (χ3n) is 9.02. The number of benzene rings is 2. The summed E-state index contributed by atoms with van der Waals surface area (Å²) < 4.78 is 24.7. The van der Waals surface area contributed by atoms with Crippen LogP contribution in [0.1, 0.15) is 24.8 Å². The van der Waals surface area contributed by atoms with Gasteiger partial charge in [0.05, 0.1) is 16.7 Å². The number of rotatable bonds is 5. The molecule has 2 aromatic carbocycles. The fourth-order valence-corrected chi connectivity index (χ4v) is 6.91. The average molecular weight is 550 g/mol. The maximum Gasteiger partial charge on any atom is 0.319 e. The van der Waals surface area contributed by atoms with Crippen molar-refractivity contribution in [3.8, 4) is 17.1 Å². The quantitative estimate of drug-likeness (QED) is 0.391. The highest BCUT2D eigenvalue weighted by Gasteiger charge is 2.44. The van der Waals surface area contributed by atoms with Gasteiger partial charge < -0.3 is 19.9 Å². The molecule has 5 heterocycles. The Labute approximate surface area is 232 Å². The number of anilines is 1. The van der Waals surface area contributed by atoms with E-state index in [-0.39, 0.29) is 16.9 Å². The highest BCUT2D eigenvalue weighted by molar-refractivity contribution is 6.35. The molecule has 2 aromatic heterocycles. The Morgan fingerprint density at radius 3 is 2.74 bits per heavy atom. The number of aryl methyl sites for hydroxylation is 2. The van der Waals surface area contributed by atoms with E-state index in [2.05, 4.69) is 32.2 Å². The fourth-order valence-electron chi connectivity index (χ4n) is 6.62. The molecular formula is C29H33ClFN7O. The molecule has 4 aromatic rings. The van der Waals surface area contributed by atoms with Crippen LogP contribution in [-0.4, -0.2) is 77.1 Å². The molecule has 0 radical (unpaired) electrons. The van der Waals surface area contributed by atoms with Gasteiger partial charge in [-0.25, -0.2) is 4.39 Å². The van der Waals surface area contributed by atoms with Crippen LogP contribution in [0.4, 0.5) is 10.2 Å². The van der Waals surface area contributed by atoms with Gasteiger partial charge in [-0.15, -0.1) is 0 Å². The molecule has 3 aliphatic heterocycles. The summed E-state index contributed by atoms with van der Waals surface area (Å²) in [7, 11) is 3.97. The van der Waals surface area contributed by atoms with Gasteiger partial charge in [0.25, 0.3) is 0 Å². The largest absolute Gasteiger partial charge is 0.462 e. The van der Waals surface area contributed by atoms with Crippen LogP contribution in [0.2, 0.25) is 5.02 Å². The highest BCUT2D eigenvalue weighted by Crippen LogP contribution is 2.44. The lowest BCUT2D eigenvalue weighted by Crippen LogP contribution is -2.54. The monoisotopic (exact) mass is 549 g/mol. The SMILES string of the molecule is Cc1ccc2cnn(C)c2c1-c1c(Cl)cc2c(N3CCC4(CNC4)C3)nc(OCC3CCCN3C)nc2c1F. The van der Waals surface area contributed by atoms with Gasteiger partial charge in [0.2, 0.25) is 0 Å². The number of hydrogen-bond donors (Lipinski definition) is 1. The summed E-state index contributed by atoms with van der Waals surface area (Å²) in [6.07, 6.45) is 5.08. The summed E-state index contributed by atoms with van der Waals surface area (Å²) in [6.45, 7) is 7.21. The summed E-state index contributed by atoms with van der Waals surface area (Å²) in [5, 5.41) is 9.70. The molecule has 204 valence electrons. The van der Waals surface area contributed by atoms with Crippen molar-refractivity contribution >= 4 is 39.2 Å². The van der Waals surface area contributed by atoms with Crippen molar-refractivity contribution in [2.45, 2.75) is 32.2 Å². The van der Waals surface area contributed by atoms with Gasteiger partial charge in [-0.05, 0) is 51.4 Å². The van der Waals surface area contributed by atoms with Gasteiger partial charge in [-0.3, -0.25) is 4.68 Å². The zero-order chi connectivity index (χ0) is 26.9. The predicted molar refractivity (Wildman–Crippen MR) is 152 cm³/mol. The van der Waals surface area contributed by atoms with Crippen LogP contribution in [-0.2, 0) is 7.05 Å². The lowest BCUT2D eigenvalue weighted by Gasteiger charge is -2.39. The maximum absolute atomic E-state index is 16.7. The van der Waals surface area contributed by atoms with Crippen molar-refractivity contribution in [2.75, 3.05) is 51.3 Å². The van der Waals surface area contributed by atoms with Gasteiger partial charge >= 0.3 is 6.01 Å². The number of fused-ring (bicyclic) bond motifs is 2. The minimum atomic E-state index is -0.458. The number of halogens is 2. The Morgan fingerprint density at radius 2 is 2.03 bits per heavy atom. The molecule has 1 spiro atoms. The lowest BCUT2D eigenvalue weighted by atomic mass is 9.81. The number of aromatic nitrogens is 4. The molecule has 3 fully saturated rings. The van der Waals surface area contributed by atoms with Gasteiger partial charge in [0.15, 0.2) is 5.82 Å². The van der Waals surface area contributed by atoms with Crippen molar-refractivity contribution in [1.29, 1.82) is 0 Å². The van der Waals surface area contributed by atoms with E-state index in [0.29, 0.717) is 34.4 Å². The molecule has 0 aliphatic carbocycles. The molecule has 39 heavy (non-hydrogen) atoms. The molecular weight excluding hydrogens is 517 g/mol. The first-order valence-electron chi connectivity index (χ1n) is 13.7. The van der Waals surface area contributed by atoms with Crippen molar-refractivity contribution in [3.05, 3.63) is 40.8 Å². The number of hydrogen-bond acceptors (Lipinski definition) is 7. The van der Waals surface area contributed by atoms with E-state index in [9.17, 15) is 0 Å². The Morgan fingerprint density at radius 1 is 1.18 bits per heavy atom. The van der Waals surface area contributed by atoms with Gasteiger partial charge in [0, 0.05) is 66.6 Å². The second-order valence-electron chi connectivity index (χ2n) is 11.6. The predicted octanol–water partition coefficient (Wildman–Crippen LogP) is 4.56. The number of nitrogens with zero attached hydrogens (tertiary/aromatic N) is 6. The van der Waals surface area contributed by atoms with E-state index in [1.54, 1.807) is 10.9 Å². The van der Waals surface area contributed by atoms with E-state index in [4.69, 9.17) is 21.3 Å². The first kappa shape index (κ1) is 25.0. The van der Waals surface area contributed by atoms with Crippen LogP contribution in [0.3, 0.4) is 0 Å². The van der Waals surface area contributed by atoms with E-state index >= 15 is 4.39 Å². The fraction of sp³-hybridized carbons (Fsp3) is 0.483. The molecule has 8 nitrogen and oxygen atoms in total. The molecule has 10 heteroatoms. The Balaban J connectivity index is 1.39. The van der Waals surface area contributed by atoms with Crippen molar-refractivity contribution in [2.24, 2.45) is 12.5 Å². The second kappa shape index (κ2) is 9.28. The van der Waals surface area contributed by atoms with Gasteiger partial charge in [-0.2, -0.15) is 15.1 Å². The molecule has 7 rings (SSSR count). The van der Waals surface area contributed by atoms with Gasteiger partial charge in [-0.1, -0.05) is 23.7 Å². The Kier molecular flexibility index (Phi) is 5.95. The summed E-state index contributed by atoms with van der Waals surface area (Å²) in [5.41, 5.74) is 3.31. The topological polar surface area (TPSA) is 71.3 Å². The van der Waals surface area contributed by atoms with Gasteiger partial charge in [0.1, 0.15) is 17.9 Å². The van der Waals surface area contributed by atoms with Crippen molar-refractivity contribution in [3.63, 3.8) is 0 Å². The van der Waals surface area contributed by atoms with E-state index in [1.807, 2.05) is 32.2 Å². The third kappa shape index (κ3) is 4.05. The van der Waals surface area contributed by atoms with Crippen LogP contribution in [0.5, 0.6) is 6.01 Å². The van der Waals surface area contributed by atoms with E-state index in [1.165, 1.54) is 0 Å². The summed E-state index contributed by atoms with van der Waals surface area (Å²) in [5.74, 6) is 0.237. The van der Waals surface area contributed by atoms with Crippen LogP contribution in [0.25, 0.3) is 32.9 Å². The van der Waals surface area contributed by atoms with Crippen LogP contribution >= 0.6 is 11.6 Å². The minimum Gasteiger partial charge on any atom is -0.462 e. The Hall–Kier alpha value is -3.01. The zero-order valence-corrected chi connectivity index (χ0v) is 23.4. The molecule has 1 N–H and O–H groups in total. The van der Waals surface area contributed by atoms with Crippen LogP contribution < -0.4 is 15.0 Å². The number of likely N-dealkylation sites (tertiary alicyclic amines) is 1. The average Bonchev–Trinajstić information content (AvgIpc) is 3.63. The standard InChI is InChI=1S/C29H33ClFN7O/c1-17-6-7-18-12-33-37(3)26(18)22(17)23-21(30)11-20-25(24(23)31)34-28(39-13-19-5-4-9-36(19)2)35-27(20)38-10-8-29(16-38)14-32-15-29/h6-7,11-12,19,32H,4-5,8-10,13-16H2,1-3H3. The lowest BCUT2D eigenvalue weighted by molar-refractivity contribution is 0.188. The second-order valence-corrected chi connectivity index (χ2v) is 12.0. The molecule has 1 atom stereocenters. The van der Waals surface area contributed by atoms with Crippen molar-refractivity contribution in [1.82, 2.24) is 30.0 Å². The summed E-state index contributed by atoms with van der Waals surface area (Å²) >= 11 is 6.92. The molecule has 0 bridgehead atoms. The number of nitrogens with one attached hydrogen (secondary N) is 1. The number of ether oxygens (including phenoxy) is 1. The first-order valence-corrected chi connectivity index (χ1v) is 14.1. The molecule has 0 saturated carbocycles. The summed E-state index contributed by atoms with van der Waals surface area (Å²) in [4.78, 5) is 14.1. The number of likely N-dealkylation sites (N-methyl/N-ethyl adjacent to an activating group) is 1. The van der Waals surface area contributed by atoms with E-state index < -0.39 is 5.82 Å². The van der Waals surface area contributed by atoms with Crippen LogP contribution in [0, 0.1) is 18.2 Å². The molecule has 3 aliphatic rings. The van der Waals surface area contributed by atoms with E-state index in [0.717, 1.165) is 74.0 Å². The Bertz CT molecular complexity index is 1600. The van der Waals surface area contributed by atoms with Crippen LogP contribution in [0.15, 0.2) is 24.4 Å². The highest BCUT2D eigenvalue weighted by atomic mass is 35.5. The minimum absolute atomic E-state index is 0.216. The smallest absolute Gasteiger partial charge is 0.319 e.